The molecule has 3 rings (SSSR count). The van der Waals surface area contributed by atoms with Gasteiger partial charge in [0.1, 0.15) is 0 Å². The molecule has 2 aliphatic rings. The van der Waals surface area contributed by atoms with E-state index in [2.05, 4.69) is 34.3 Å². The Labute approximate surface area is 178 Å². The minimum atomic E-state index is 0. The molecule has 1 aromatic heterocycles. The van der Waals surface area contributed by atoms with Gasteiger partial charge in [0.2, 0.25) is 0 Å². The summed E-state index contributed by atoms with van der Waals surface area (Å²) in [5, 5.41) is 3.49. The number of thiophene rings is 1. The quantitative estimate of drug-likeness (QED) is 0.385. The second kappa shape index (κ2) is 11.5. The summed E-state index contributed by atoms with van der Waals surface area (Å²) in [6.45, 7) is 6.65. The zero-order chi connectivity index (χ0) is 17.5. The molecule has 1 N–H and O–H groups in total. The summed E-state index contributed by atoms with van der Waals surface area (Å²) in [6.07, 6.45) is 6.43. The fourth-order valence-electron chi connectivity index (χ4n) is 3.50. The van der Waals surface area contributed by atoms with Crippen molar-refractivity contribution in [3.8, 4) is 0 Å². The first-order valence-electron chi connectivity index (χ1n) is 9.48. The number of aryl methyl sites for hydroxylation is 1. The van der Waals surface area contributed by atoms with Gasteiger partial charge in [-0.3, -0.25) is 4.99 Å². The van der Waals surface area contributed by atoms with E-state index in [4.69, 9.17) is 9.47 Å². The Morgan fingerprint density at radius 3 is 2.73 bits per heavy atom. The van der Waals surface area contributed by atoms with Crippen LogP contribution in [0.3, 0.4) is 0 Å². The number of aliphatic imine (C=N–C) groups is 1. The maximum absolute atomic E-state index is 6.11. The van der Waals surface area contributed by atoms with Gasteiger partial charge in [-0.15, -0.1) is 35.3 Å². The second-order valence-electron chi connectivity index (χ2n) is 6.92. The molecule has 2 saturated heterocycles. The Morgan fingerprint density at radius 1 is 1.31 bits per heavy atom. The van der Waals surface area contributed by atoms with Crippen molar-refractivity contribution >= 4 is 41.3 Å². The number of hydrogen-bond acceptors (Lipinski definition) is 4. The van der Waals surface area contributed by atoms with Crippen LogP contribution in [-0.4, -0.2) is 56.4 Å². The van der Waals surface area contributed by atoms with Crippen LogP contribution in [0.5, 0.6) is 0 Å². The minimum Gasteiger partial charge on any atom is -0.376 e. The van der Waals surface area contributed by atoms with Crippen LogP contribution < -0.4 is 5.32 Å². The van der Waals surface area contributed by atoms with Crippen molar-refractivity contribution in [3.63, 3.8) is 0 Å². The molecule has 0 amide bonds. The molecule has 0 spiro atoms. The van der Waals surface area contributed by atoms with Crippen molar-refractivity contribution in [1.82, 2.24) is 10.2 Å². The number of likely N-dealkylation sites (tertiary alicyclic amines) is 1. The van der Waals surface area contributed by atoms with E-state index in [0.717, 1.165) is 58.1 Å². The van der Waals surface area contributed by atoms with E-state index in [1.165, 1.54) is 22.6 Å². The highest BCUT2D eigenvalue weighted by atomic mass is 127. The highest BCUT2D eigenvalue weighted by Crippen LogP contribution is 2.18. The standard InChI is InChI=1S/C19H31N3O2S.HI/c1-15-6-7-18(25-15)13-21-19(20-2)22-10-8-16(9-11-22)24-14-17-5-3-4-12-23-17;/h6-7,16-17H,3-5,8-14H2,1-2H3,(H,20,21);1H. The molecule has 0 aromatic carbocycles. The van der Waals surface area contributed by atoms with Crippen LogP contribution in [0.25, 0.3) is 0 Å². The third-order valence-electron chi connectivity index (χ3n) is 4.96. The molecule has 0 saturated carbocycles. The molecule has 1 aromatic rings. The van der Waals surface area contributed by atoms with Gasteiger partial charge in [-0.2, -0.15) is 0 Å². The molecule has 1 atom stereocenters. The number of nitrogens with one attached hydrogen (secondary N) is 1. The molecule has 2 aliphatic heterocycles. The van der Waals surface area contributed by atoms with Crippen LogP contribution in [0.2, 0.25) is 0 Å². The van der Waals surface area contributed by atoms with Crippen LogP contribution >= 0.6 is 35.3 Å². The van der Waals surface area contributed by atoms with Crippen LogP contribution in [0.4, 0.5) is 0 Å². The van der Waals surface area contributed by atoms with Crippen molar-refractivity contribution in [1.29, 1.82) is 0 Å². The average molecular weight is 493 g/mol. The van der Waals surface area contributed by atoms with Crippen LogP contribution in [0.1, 0.15) is 41.9 Å². The van der Waals surface area contributed by atoms with Crippen LogP contribution in [-0.2, 0) is 16.0 Å². The Kier molecular flexibility index (Phi) is 9.66. The van der Waals surface area contributed by atoms with Crippen LogP contribution in [0, 0.1) is 6.92 Å². The summed E-state index contributed by atoms with van der Waals surface area (Å²) < 4.78 is 11.9. The van der Waals surface area contributed by atoms with Gasteiger partial charge >= 0.3 is 0 Å². The van der Waals surface area contributed by atoms with E-state index in [9.17, 15) is 0 Å². The molecule has 0 bridgehead atoms. The molecule has 5 nitrogen and oxygen atoms in total. The SMILES string of the molecule is CN=C(NCc1ccc(C)s1)N1CCC(OCC2CCCCO2)CC1.I. The highest BCUT2D eigenvalue weighted by molar-refractivity contribution is 14.0. The molecular formula is C19H32IN3O2S. The first-order chi connectivity index (χ1) is 12.2. The summed E-state index contributed by atoms with van der Waals surface area (Å²) in [5.74, 6) is 1.00. The molecule has 0 radical (unpaired) electrons. The third-order valence-corrected chi connectivity index (χ3v) is 5.96. The Balaban J connectivity index is 0.00000243. The largest absolute Gasteiger partial charge is 0.376 e. The maximum Gasteiger partial charge on any atom is 0.193 e. The lowest BCUT2D eigenvalue weighted by atomic mass is 10.1. The van der Waals surface area contributed by atoms with Gasteiger partial charge in [0.25, 0.3) is 0 Å². The van der Waals surface area contributed by atoms with E-state index in [1.807, 2.05) is 18.4 Å². The first-order valence-corrected chi connectivity index (χ1v) is 10.3. The van der Waals surface area contributed by atoms with E-state index in [1.54, 1.807) is 0 Å². The monoisotopic (exact) mass is 493 g/mol. The lowest BCUT2D eigenvalue weighted by Crippen LogP contribution is -2.47. The number of hydrogen-bond donors (Lipinski definition) is 1. The van der Waals surface area contributed by atoms with E-state index in [-0.39, 0.29) is 24.0 Å². The van der Waals surface area contributed by atoms with Gasteiger partial charge in [-0.1, -0.05) is 0 Å². The third kappa shape index (κ3) is 6.65. The number of ether oxygens (including phenoxy) is 2. The Hall–Kier alpha value is -0.380. The lowest BCUT2D eigenvalue weighted by Gasteiger charge is -2.35. The van der Waals surface area contributed by atoms with Crippen molar-refractivity contribution < 1.29 is 9.47 Å². The molecule has 2 fully saturated rings. The number of piperidine rings is 1. The number of rotatable bonds is 5. The van der Waals surface area contributed by atoms with Crippen molar-refractivity contribution in [2.45, 2.75) is 57.8 Å². The average Bonchev–Trinajstić information content (AvgIpc) is 3.07. The van der Waals surface area contributed by atoms with E-state index < -0.39 is 0 Å². The number of halogens is 1. The van der Waals surface area contributed by atoms with Gasteiger partial charge in [0.05, 0.1) is 25.4 Å². The van der Waals surface area contributed by atoms with E-state index in [0.29, 0.717) is 12.2 Å². The summed E-state index contributed by atoms with van der Waals surface area (Å²) >= 11 is 1.84. The zero-order valence-corrected chi connectivity index (χ0v) is 19.1. The van der Waals surface area contributed by atoms with Crippen molar-refractivity contribution in [2.24, 2.45) is 4.99 Å². The van der Waals surface area contributed by atoms with Gasteiger partial charge < -0.3 is 19.7 Å². The smallest absolute Gasteiger partial charge is 0.193 e. The molecule has 26 heavy (non-hydrogen) atoms. The van der Waals surface area contributed by atoms with Gasteiger partial charge in [-0.25, -0.2) is 0 Å². The predicted molar refractivity (Wildman–Crippen MR) is 119 cm³/mol. The fourth-order valence-corrected chi connectivity index (χ4v) is 4.33. The van der Waals surface area contributed by atoms with Crippen LogP contribution in [0.15, 0.2) is 17.1 Å². The summed E-state index contributed by atoms with van der Waals surface area (Å²) in [7, 11) is 1.87. The van der Waals surface area contributed by atoms with Gasteiger partial charge in [-0.05, 0) is 51.2 Å². The molecule has 0 aliphatic carbocycles. The topological polar surface area (TPSA) is 46.1 Å². The molecule has 7 heteroatoms. The zero-order valence-electron chi connectivity index (χ0n) is 15.9. The van der Waals surface area contributed by atoms with Crippen molar-refractivity contribution in [3.05, 3.63) is 21.9 Å². The summed E-state index contributed by atoms with van der Waals surface area (Å²) in [6, 6.07) is 4.36. The number of guanidine groups is 1. The van der Waals surface area contributed by atoms with Gasteiger partial charge in [0, 0.05) is 36.5 Å². The van der Waals surface area contributed by atoms with E-state index >= 15 is 0 Å². The molecule has 1 unspecified atom stereocenters. The fraction of sp³-hybridized carbons (Fsp3) is 0.737. The lowest BCUT2D eigenvalue weighted by molar-refractivity contribution is -0.0721. The Bertz CT molecular complexity index is 553. The molecule has 148 valence electrons. The van der Waals surface area contributed by atoms with Crippen molar-refractivity contribution in [2.75, 3.05) is 33.4 Å². The number of nitrogens with zero attached hydrogens (tertiary/aromatic N) is 2. The normalized spacial score (nSPS) is 22.2. The highest BCUT2D eigenvalue weighted by Gasteiger charge is 2.23. The van der Waals surface area contributed by atoms with Gasteiger partial charge in [0.15, 0.2) is 5.96 Å². The Morgan fingerprint density at radius 2 is 2.12 bits per heavy atom. The summed E-state index contributed by atoms with van der Waals surface area (Å²) in [5.41, 5.74) is 0. The predicted octanol–water partition coefficient (Wildman–Crippen LogP) is 3.80. The first kappa shape index (κ1) is 21.9. The molecule has 3 heterocycles. The minimum absolute atomic E-state index is 0. The maximum atomic E-state index is 6.11. The second-order valence-corrected chi connectivity index (χ2v) is 8.29. The summed E-state index contributed by atoms with van der Waals surface area (Å²) in [4.78, 5) is 9.50. The molecular weight excluding hydrogens is 461 g/mol.